The molecule has 1 aromatic rings. The lowest BCUT2D eigenvalue weighted by Crippen LogP contribution is -2.32. The lowest BCUT2D eigenvalue weighted by atomic mass is 9.84. The quantitative estimate of drug-likeness (QED) is 0.811. The maximum atomic E-state index is 12.4. The first kappa shape index (κ1) is 17.7. The van der Waals surface area contributed by atoms with Crippen LogP contribution in [0.1, 0.15) is 39.7 Å². The van der Waals surface area contributed by atoms with Gasteiger partial charge in [-0.25, -0.2) is 0 Å². The Morgan fingerprint density at radius 2 is 2.00 bits per heavy atom. The summed E-state index contributed by atoms with van der Waals surface area (Å²) < 4.78 is 5.43. The molecule has 0 radical (unpaired) electrons. The van der Waals surface area contributed by atoms with Crippen LogP contribution in [0, 0.1) is 11.3 Å². The molecule has 0 fully saturated rings. The highest BCUT2D eigenvalue weighted by Gasteiger charge is 2.24. The topological polar surface area (TPSA) is 64.3 Å². The van der Waals surface area contributed by atoms with Crippen molar-refractivity contribution in [1.82, 2.24) is 0 Å². The average molecular weight is 292 g/mol. The second kappa shape index (κ2) is 8.15. The van der Waals surface area contributed by atoms with E-state index >= 15 is 0 Å². The number of anilines is 1. The number of ether oxygens (including phenoxy) is 1. The maximum Gasteiger partial charge on any atom is 0.228 e. The number of nitrogens with two attached hydrogens (primary N) is 1. The van der Waals surface area contributed by atoms with Crippen LogP contribution in [-0.2, 0) is 16.1 Å². The summed E-state index contributed by atoms with van der Waals surface area (Å²) in [4.78, 5) is 12.4. The Bertz CT molecular complexity index is 452. The van der Waals surface area contributed by atoms with Gasteiger partial charge in [0.1, 0.15) is 0 Å². The van der Waals surface area contributed by atoms with Crippen LogP contribution >= 0.6 is 0 Å². The number of hydrogen-bond acceptors (Lipinski definition) is 3. The zero-order chi connectivity index (χ0) is 15.9. The predicted octanol–water partition coefficient (Wildman–Crippen LogP) is 3.17. The van der Waals surface area contributed by atoms with E-state index in [0.29, 0.717) is 19.8 Å². The number of benzene rings is 1. The lowest BCUT2D eigenvalue weighted by Gasteiger charge is -2.24. The maximum absolute atomic E-state index is 12.4. The van der Waals surface area contributed by atoms with Crippen LogP contribution in [0.15, 0.2) is 24.3 Å². The fourth-order valence-corrected chi connectivity index (χ4v) is 2.24. The summed E-state index contributed by atoms with van der Waals surface area (Å²) in [5.41, 5.74) is 7.64. The van der Waals surface area contributed by atoms with E-state index in [0.717, 1.165) is 17.7 Å². The Balaban J connectivity index is 2.77. The first-order valence-corrected chi connectivity index (χ1v) is 7.54. The highest BCUT2D eigenvalue weighted by molar-refractivity contribution is 5.93. The summed E-state index contributed by atoms with van der Waals surface area (Å²) in [7, 11) is 0. The van der Waals surface area contributed by atoms with E-state index in [1.165, 1.54) is 0 Å². The summed E-state index contributed by atoms with van der Waals surface area (Å²) in [5, 5.41) is 2.99. The molecule has 4 nitrogen and oxygen atoms in total. The minimum atomic E-state index is -0.176. The van der Waals surface area contributed by atoms with Gasteiger partial charge in [0.2, 0.25) is 5.91 Å². The summed E-state index contributed by atoms with van der Waals surface area (Å²) in [5.74, 6) is -0.193. The van der Waals surface area contributed by atoms with Gasteiger partial charge in [0.15, 0.2) is 0 Å². The smallest absolute Gasteiger partial charge is 0.228 e. The molecule has 0 aliphatic heterocycles. The molecule has 0 aromatic heterocycles. The van der Waals surface area contributed by atoms with Crippen LogP contribution in [0.5, 0.6) is 0 Å². The van der Waals surface area contributed by atoms with Crippen molar-refractivity contribution in [1.29, 1.82) is 0 Å². The van der Waals surface area contributed by atoms with Gasteiger partial charge < -0.3 is 15.8 Å². The standard InChI is InChI=1S/C17H28N2O2/c1-5-21-12-13-8-6-7-9-15(13)19-16(20)14(11-18)10-17(2,3)4/h6-9,14H,5,10-12,18H2,1-4H3,(H,19,20). The molecule has 0 bridgehead atoms. The van der Waals surface area contributed by atoms with Crippen LogP contribution < -0.4 is 11.1 Å². The van der Waals surface area contributed by atoms with Gasteiger partial charge in [-0.05, 0) is 24.8 Å². The van der Waals surface area contributed by atoms with E-state index in [1.54, 1.807) is 0 Å². The van der Waals surface area contributed by atoms with Gasteiger partial charge in [0.05, 0.1) is 12.5 Å². The van der Waals surface area contributed by atoms with Crippen molar-refractivity contribution in [3.05, 3.63) is 29.8 Å². The Kier molecular flexibility index (Phi) is 6.85. The fourth-order valence-electron chi connectivity index (χ4n) is 2.24. The van der Waals surface area contributed by atoms with E-state index in [-0.39, 0.29) is 17.2 Å². The highest BCUT2D eigenvalue weighted by atomic mass is 16.5. The number of para-hydroxylation sites is 1. The molecule has 118 valence electrons. The van der Waals surface area contributed by atoms with Crippen LogP contribution in [-0.4, -0.2) is 19.1 Å². The number of carbonyl (C=O) groups is 1. The molecule has 0 heterocycles. The zero-order valence-electron chi connectivity index (χ0n) is 13.6. The van der Waals surface area contributed by atoms with Gasteiger partial charge in [0.25, 0.3) is 0 Å². The number of nitrogens with one attached hydrogen (secondary N) is 1. The minimum absolute atomic E-state index is 0.0172. The van der Waals surface area contributed by atoms with Gasteiger partial charge >= 0.3 is 0 Å². The van der Waals surface area contributed by atoms with Gasteiger partial charge in [0, 0.05) is 24.4 Å². The number of carbonyl (C=O) groups excluding carboxylic acids is 1. The fraction of sp³-hybridized carbons (Fsp3) is 0.588. The van der Waals surface area contributed by atoms with Gasteiger partial charge in [-0.1, -0.05) is 39.0 Å². The molecule has 0 saturated heterocycles. The molecule has 0 spiro atoms. The second-order valence-corrected chi connectivity index (χ2v) is 6.48. The third-order valence-corrected chi connectivity index (χ3v) is 3.25. The average Bonchev–Trinajstić information content (AvgIpc) is 2.42. The van der Waals surface area contributed by atoms with Crippen LogP contribution in [0.2, 0.25) is 0 Å². The molecule has 4 heteroatoms. The Morgan fingerprint density at radius 3 is 2.57 bits per heavy atom. The largest absolute Gasteiger partial charge is 0.377 e. The van der Waals surface area contributed by atoms with E-state index < -0.39 is 0 Å². The van der Waals surface area contributed by atoms with Gasteiger partial charge in [-0.3, -0.25) is 4.79 Å². The van der Waals surface area contributed by atoms with Crippen LogP contribution in [0.25, 0.3) is 0 Å². The molecule has 1 unspecified atom stereocenters. The zero-order valence-corrected chi connectivity index (χ0v) is 13.6. The van der Waals surface area contributed by atoms with Crippen LogP contribution in [0.4, 0.5) is 5.69 Å². The number of amides is 1. The molecule has 21 heavy (non-hydrogen) atoms. The first-order chi connectivity index (χ1) is 9.87. The third-order valence-electron chi connectivity index (χ3n) is 3.25. The summed E-state index contributed by atoms with van der Waals surface area (Å²) in [6.07, 6.45) is 0.767. The molecule has 3 N–H and O–H groups in total. The lowest BCUT2D eigenvalue weighted by molar-refractivity contribution is -0.120. The predicted molar refractivity (Wildman–Crippen MR) is 87.0 cm³/mol. The van der Waals surface area contributed by atoms with E-state index in [2.05, 4.69) is 26.1 Å². The molecule has 1 atom stereocenters. The molecule has 0 saturated carbocycles. The normalized spacial score (nSPS) is 13.0. The number of hydrogen-bond donors (Lipinski definition) is 2. The van der Waals surface area contributed by atoms with Crippen molar-refractivity contribution in [2.75, 3.05) is 18.5 Å². The molecular formula is C17H28N2O2. The van der Waals surface area contributed by atoms with Gasteiger partial charge in [-0.2, -0.15) is 0 Å². The number of rotatable bonds is 7. The van der Waals surface area contributed by atoms with Crippen molar-refractivity contribution in [3.63, 3.8) is 0 Å². The first-order valence-electron chi connectivity index (χ1n) is 7.54. The van der Waals surface area contributed by atoms with E-state index in [1.807, 2.05) is 31.2 Å². The molecule has 1 rings (SSSR count). The van der Waals surface area contributed by atoms with Crippen LogP contribution in [0.3, 0.4) is 0 Å². The third kappa shape index (κ3) is 6.27. The Labute approximate surface area is 128 Å². The van der Waals surface area contributed by atoms with Crippen molar-refractivity contribution in [2.24, 2.45) is 17.1 Å². The molecule has 0 aliphatic rings. The molecule has 1 aromatic carbocycles. The molecular weight excluding hydrogens is 264 g/mol. The van der Waals surface area contributed by atoms with Gasteiger partial charge in [-0.15, -0.1) is 0 Å². The van der Waals surface area contributed by atoms with E-state index in [4.69, 9.17) is 10.5 Å². The van der Waals surface area contributed by atoms with Crippen molar-refractivity contribution in [3.8, 4) is 0 Å². The highest BCUT2D eigenvalue weighted by Crippen LogP contribution is 2.25. The summed E-state index contributed by atoms with van der Waals surface area (Å²) >= 11 is 0. The molecule has 0 aliphatic carbocycles. The Morgan fingerprint density at radius 1 is 1.33 bits per heavy atom. The molecule has 1 amide bonds. The van der Waals surface area contributed by atoms with E-state index in [9.17, 15) is 4.79 Å². The summed E-state index contributed by atoms with van der Waals surface area (Å²) in [6.45, 7) is 9.81. The second-order valence-electron chi connectivity index (χ2n) is 6.48. The van der Waals surface area contributed by atoms with Crippen molar-refractivity contribution >= 4 is 11.6 Å². The van der Waals surface area contributed by atoms with Crippen molar-refractivity contribution < 1.29 is 9.53 Å². The van der Waals surface area contributed by atoms with Crippen molar-refractivity contribution in [2.45, 2.75) is 40.7 Å². The SMILES string of the molecule is CCOCc1ccccc1NC(=O)C(CN)CC(C)(C)C. The minimum Gasteiger partial charge on any atom is -0.377 e. The summed E-state index contributed by atoms with van der Waals surface area (Å²) in [6, 6.07) is 7.72. The monoisotopic (exact) mass is 292 g/mol. The Hall–Kier alpha value is -1.39.